The summed E-state index contributed by atoms with van der Waals surface area (Å²) in [4.78, 5) is 27.8. The molecule has 1 amide bonds. The van der Waals surface area contributed by atoms with E-state index in [1.54, 1.807) is 24.5 Å². The fourth-order valence-electron chi connectivity index (χ4n) is 4.32. The Morgan fingerprint density at radius 2 is 1.97 bits per heavy atom. The summed E-state index contributed by atoms with van der Waals surface area (Å²) in [7, 11) is 1.93. The van der Waals surface area contributed by atoms with Gasteiger partial charge in [-0.15, -0.1) is 11.3 Å². The van der Waals surface area contributed by atoms with Crippen molar-refractivity contribution in [3.63, 3.8) is 0 Å². The number of rotatable bonds is 10. The van der Waals surface area contributed by atoms with Crippen LogP contribution >= 0.6 is 11.3 Å². The summed E-state index contributed by atoms with van der Waals surface area (Å²) < 4.78 is 5.15. The Kier molecular flexibility index (Phi) is 8.19. The molecule has 10 heteroatoms. The first-order chi connectivity index (χ1) is 17.6. The highest BCUT2D eigenvalue weighted by Gasteiger charge is 2.22. The molecule has 1 atom stereocenters. The van der Waals surface area contributed by atoms with Crippen LogP contribution in [0, 0.1) is 13.8 Å². The van der Waals surface area contributed by atoms with Crippen molar-refractivity contribution in [2.45, 2.75) is 65.3 Å². The van der Waals surface area contributed by atoms with Crippen LogP contribution < -0.4 is 16.0 Å². The minimum Gasteiger partial charge on any atom is -0.366 e. The van der Waals surface area contributed by atoms with Gasteiger partial charge in [-0.25, -0.2) is 9.97 Å². The standard InChI is InChI=1S/C27H35N7O2S/c1-16-23(27(3,4)5)37-26(30-16)33-22(35)15-20(8-7-12-28-6)32-25-21-14-19(24-31-17(2)36-34-24)10-9-18(21)11-13-29-25/h9-11,13-14,20,28H,7-8,12,15H2,1-6H3,(H,29,32)(H,30,33,35). The molecule has 0 aliphatic heterocycles. The van der Waals surface area contributed by atoms with Gasteiger partial charge >= 0.3 is 0 Å². The zero-order valence-electron chi connectivity index (χ0n) is 22.3. The molecule has 3 heterocycles. The highest BCUT2D eigenvalue weighted by Crippen LogP contribution is 2.34. The molecule has 0 fully saturated rings. The number of pyridine rings is 1. The smallest absolute Gasteiger partial charge is 0.228 e. The van der Waals surface area contributed by atoms with Gasteiger partial charge in [-0.3, -0.25) is 4.79 Å². The zero-order valence-corrected chi connectivity index (χ0v) is 23.1. The highest BCUT2D eigenvalue weighted by molar-refractivity contribution is 7.16. The van der Waals surface area contributed by atoms with Gasteiger partial charge in [0.2, 0.25) is 17.6 Å². The molecule has 0 radical (unpaired) electrons. The quantitative estimate of drug-likeness (QED) is 0.235. The normalized spacial score (nSPS) is 12.6. The summed E-state index contributed by atoms with van der Waals surface area (Å²) >= 11 is 1.55. The number of anilines is 2. The fraction of sp³-hybridized carbons (Fsp3) is 0.444. The van der Waals surface area contributed by atoms with Crippen molar-refractivity contribution in [3.8, 4) is 11.4 Å². The van der Waals surface area contributed by atoms with Crippen LogP contribution in [0.25, 0.3) is 22.2 Å². The third-order valence-electron chi connectivity index (χ3n) is 6.03. The maximum Gasteiger partial charge on any atom is 0.228 e. The number of nitrogens with zero attached hydrogens (tertiary/aromatic N) is 4. The Morgan fingerprint density at radius 1 is 1.16 bits per heavy atom. The van der Waals surface area contributed by atoms with E-state index in [4.69, 9.17) is 4.52 Å². The van der Waals surface area contributed by atoms with Gasteiger partial charge in [-0.05, 0) is 56.3 Å². The molecule has 0 saturated carbocycles. The van der Waals surface area contributed by atoms with Gasteiger partial charge in [0.1, 0.15) is 5.82 Å². The predicted octanol–water partition coefficient (Wildman–Crippen LogP) is 5.46. The number of thiazole rings is 1. The number of fused-ring (bicyclic) bond motifs is 1. The molecule has 1 aromatic carbocycles. The van der Waals surface area contributed by atoms with E-state index in [0.717, 1.165) is 47.2 Å². The van der Waals surface area contributed by atoms with Crippen LogP contribution in [0.15, 0.2) is 35.0 Å². The molecule has 9 nitrogen and oxygen atoms in total. The second-order valence-corrected chi connectivity index (χ2v) is 11.3. The van der Waals surface area contributed by atoms with E-state index in [9.17, 15) is 4.79 Å². The fourth-order valence-corrected chi connectivity index (χ4v) is 5.36. The average Bonchev–Trinajstić information content (AvgIpc) is 3.44. The van der Waals surface area contributed by atoms with Gasteiger partial charge in [0.05, 0.1) is 5.69 Å². The monoisotopic (exact) mass is 521 g/mol. The summed E-state index contributed by atoms with van der Waals surface area (Å²) in [6.07, 6.45) is 3.80. The van der Waals surface area contributed by atoms with Gasteiger partial charge in [-0.1, -0.05) is 38.1 Å². The molecule has 0 aliphatic carbocycles. The van der Waals surface area contributed by atoms with Crippen LogP contribution in [0.5, 0.6) is 0 Å². The van der Waals surface area contributed by atoms with E-state index < -0.39 is 0 Å². The van der Waals surface area contributed by atoms with Gasteiger partial charge in [-0.2, -0.15) is 4.98 Å². The molecule has 0 spiro atoms. The summed E-state index contributed by atoms with van der Waals surface area (Å²) in [5, 5.41) is 16.4. The number of benzene rings is 1. The van der Waals surface area contributed by atoms with Crippen LogP contribution in [0.4, 0.5) is 10.9 Å². The van der Waals surface area contributed by atoms with Crippen LogP contribution in [0.3, 0.4) is 0 Å². The lowest BCUT2D eigenvalue weighted by Crippen LogP contribution is -2.28. The van der Waals surface area contributed by atoms with Gasteiger partial charge in [0.25, 0.3) is 0 Å². The third-order valence-corrected chi connectivity index (χ3v) is 7.53. The van der Waals surface area contributed by atoms with Crippen molar-refractivity contribution in [2.24, 2.45) is 0 Å². The van der Waals surface area contributed by atoms with E-state index in [-0.39, 0.29) is 17.4 Å². The molecule has 1 unspecified atom stereocenters. The van der Waals surface area contributed by atoms with Crippen molar-refractivity contribution >= 4 is 39.0 Å². The number of aryl methyl sites for hydroxylation is 2. The maximum absolute atomic E-state index is 13.1. The summed E-state index contributed by atoms with van der Waals surface area (Å²) in [6, 6.07) is 7.85. The van der Waals surface area contributed by atoms with Crippen molar-refractivity contribution in [1.29, 1.82) is 0 Å². The third kappa shape index (κ3) is 6.69. The first kappa shape index (κ1) is 26.7. The molecule has 4 aromatic rings. The largest absolute Gasteiger partial charge is 0.366 e. The first-order valence-electron chi connectivity index (χ1n) is 12.5. The Balaban J connectivity index is 1.54. The topological polar surface area (TPSA) is 118 Å². The zero-order chi connectivity index (χ0) is 26.6. The number of amides is 1. The van der Waals surface area contributed by atoms with Gasteiger partial charge < -0.3 is 20.5 Å². The van der Waals surface area contributed by atoms with E-state index in [2.05, 4.69) is 56.8 Å². The molecular formula is C27H35N7O2S. The van der Waals surface area contributed by atoms with Crippen LogP contribution in [0.1, 0.15) is 56.5 Å². The molecule has 0 aliphatic rings. The SMILES string of the molecule is CNCCCC(CC(=O)Nc1nc(C)c(C(C)(C)C)s1)Nc1nccc2ccc(-c3noc(C)n3)cc12. The number of nitrogens with one attached hydrogen (secondary N) is 3. The molecular weight excluding hydrogens is 486 g/mol. The van der Waals surface area contributed by atoms with Crippen molar-refractivity contribution in [2.75, 3.05) is 24.2 Å². The molecule has 0 saturated heterocycles. The number of hydrogen-bond donors (Lipinski definition) is 3. The lowest BCUT2D eigenvalue weighted by atomic mass is 9.94. The summed E-state index contributed by atoms with van der Waals surface area (Å²) in [5.74, 6) is 1.70. The Hall–Kier alpha value is -3.37. The average molecular weight is 522 g/mol. The molecule has 0 bridgehead atoms. The van der Waals surface area contributed by atoms with Crippen molar-refractivity contribution < 1.29 is 9.32 Å². The Bertz CT molecular complexity index is 1370. The second-order valence-electron chi connectivity index (χ2n) is 10.3. The van der Waals surface area contributed by atoms with Gasteiger partial charge in [0.15, 0.2) is 5.13 Å². The van der Waals surface area contributed by atoms with E-state index in [0.29, 0.717) is 23.3 Å². The number of aromatic nitrogens is 4. The van der Waals surface area contributed by atoms with Crippen LogP contribution in [-0.2, 0) is 10.2 Å². The maximum atomic E-state index is 13.1. The lowest BCUT2D eigenvalue weighted by Gasteiger charge is -2.20. The number of carbonyl (C=O) groups is 1. The molecule has 3 aromatic heterocycles. The summed E-state index contributed by atoms with van der Waals surface area (Å²) in [6.45, 7) is 11.1. The molecule has 3 N–H and O–H groups in total. The minimum atomic E-state index is -0.106. The first-order valence-corrected chi connectivity index (χ1v) is 13.3. The van der Waals surface area contributed by atoms with Crippen LogP contribution in [-0.4, -0.2) is 45.7 Å². The van der Waals surface area contributed by atoms with Crippen LogP contribution in [0.2, 0.25) is 0 Å². The minimum absolute atomic E-state index is 0.0128. The molecule has 37 heavy (non-hydrogen) atoms. The number of carbonyl (C=O) groups excluding carboxylic acids is 1. The number of hydrogen-bond acceptors (Lipinski definition) is 9. The molecule has 196 valence electrons. The van der Waals surface area contributed by atoms with E-state index in [1.165, 1.54) is 4.88 Å². The van der Waals surface area contributed by atoms with Gasteiger partial charge in [0, 0.05) is 41.4 Å². The van der Waals surface area contributed by atoms with E-state index in [1.807, 2.05) is 38.2 Å². The lowest BCUT2D eigenvalue weighted by molar-refractivity contribution is -0.116. The van der Waals surface area contributed by atoms with E-state index >= 15 is 0 Å². The second kappa shape index (κ2) is 11.4. The Labute approximate surface area is 221 Å². The summed E-state index contributed by atoms with van der Waals surface area (Å²) in [5.41, 5.74) is 1.80. The highest BCUT2D eigenvalue weighted by atomic mass is 32.1. The Morgan fingerprint density at radius 3 is 2.65 bits per heavy atom. The molecule has 4 rings (SSSR count). The predicted molar refractivity (Wildman–Crippen MR) is 149 cm³/mol. The van der Waals surface area contributed by atoms with Crippen molar-refractivity contribution in [3.05, 3.63) is 46.9 Å². The van der Waals surface area contributed by atoms with Crippen molar-refractivity contribution in [1.82, 2.24) is 25.4 Å².